The number of pyridine rings is 1. The Morgan fingerprint density at radius 1 is 1.25 bits per heavy atom. The van der Waals surface area contributed by atoms with Crippen LogP contribution in [0, 0.1) is 13.8 Å². The highest BCUT2D eigenvalue weighted by atomic mass is 16.5. The molecule has 0 amide bonds. The van der Waals surface area contributed by atoms with Gasteiger partial charge in [0.05, 0.1) is 24.9 Å². The molecule has 1 N–H and O–H groups in total. The second-order valence-electron chi connectivity index (χ2n) is 5.92. The molecule has 124 valence electrons. The van der Waals surface area contributed by atoms with E-state index in [0.717, 1.165) is 39.5 Å². The van der Waals surface area contributed by atoms with Gasteiger partial charge in [0.2, 0.25) is 0 Å². The van der Waals surface area contributed by atoms with Gasteiger partial charge in [-0.2, -0.15) is 0 Å². The predicted molar refractivity (Wildman–Crippen MR) is 92.6 cm³/mol. The maximum Gasteiger partial charge on any atom is 0.303 e. The fourth-order valence-electron chi connectivity index (χ4n) is 2.92. The third-order valence-corrected chi connectivity index (χ3v) is 4.11. The van der Waals surface area contributed by atoms with Crippen molar-refractivity contribution < 1.29 is 14.6 Å². The van der Waals surface area contributed by atoms with Crippen molar-refractivity contribution in [3.63, 3.8) is 0 Å². The molecule has 0 saturated carbocycles. The molecule has 5 heteroatoms. The van der Waals surface area contributed by atoms with Gasteiger partial charge in [-0.25, -0.2) is 4.98 Å². The van der Waals surface area contributed by atoms with Crippen LogP contribution >= 0.6 is 0 Å². The van der Waals surface area contributed by atoms with Crippen molar-refractivity contribution in [3.05, 3.63) is 53.3 Å². The van der Waals surface area contributed by atoms with E-state index in [4.69, 9.17) is 14.8 Å². The molecule has 0 aliphatic rings. The van der Waals surface area contributed by atoms with Crippen molar-refractivity contribution in [2.75, 3.05) is 7.11 Å². The number of aryl methyl sites for hydroxylation is 3. The standard InChI is InChI=1S/C19H20N2O3/c1-12-4-8-17-20-19(14-5-7-16(24-3)13(2)10-14)15(21(17)11-12)6-9-18(22)23/h4-5,7-8,10-11H,6,9H2,1-3H3,(H,22,23). The summed E-state index contributed by atoms with van der Waals surface area (Å²) in [5.74, 6) is 0.0138. The van der Waals surface area contributed by atoms with Crippen LogP contribution in [-0.4, -0.2) is 27.6 Å². The lowest BCUT2D eigenvalue weighted by atomic mass is 10.0. The van der Waals surface area contributed by atoms with E-state index in [1.54, 1.807) is 7.11 Å². The summed E-state index contributed by atoms with van der Waals surface area (Å²) in [5, 5.41) is 9.07. The molecule has 0 aliphatic heterocycles. The Morgan fingerprint density at radius 3 is 2.71 bits per heavy atom. The average Bonchev–Trinajstić information content (AvgIpc) is 2.90. The van der Waals surface area contributed by atoms with E-state index < -0.39 is 5.97 Å². The van der Waals surface area contributed by atoms with Crippen LogP contribution in [0.15, 0.2) is 36.5 Å². The maximum absolute atomic E-state index is 11.0. The molecule has 0 unspecified atom stereocenters. The van der Waals surface area contributed by atoms with Crippen LogP contribution in [-0.2, 0) is 11.2 Å². The molecule has 0 saturated heterocycles. The molecule has 0 fully saturated rings. The molecule has 24 heavy (non-hydrogen) atoms. The molecule has 0 spiro atoms. The minimum atomic E-state index is -0.811. The van der Waals surface area contributed by atoms with Crippen molar-refractivity contribution in [2.45, 2.75) is 26.7 Å². The lowest BCUT2D eigenvalue weighted by Crippen LogP contribution is -2.02. The minimum absolute atomic E-state index is 0.0733. The highest BCUT2D eigenvalue weighted by molar-refractivity contribution is 5.71. The van der Waals surface area contributed by atoms with E-state index in [2.05, 4.69) is 0 Å². The first-order chi connectivity index (χ1) is 11.5. The van der Waals surface area contributed by atoms with Crippen LogP contribution in [0.4, 0.5) is 0 Å². The van der Waals surface area contributed by atoms with Crippen molar-refractivity contribution in [1.82, 2.24) is 9.38 Å². The molecule has 0 radical (unpaired) electrons. The first-order valence-corrected chi connectivity index (χ1v) is 7.84. The van der Waals surface area contributed by atoms with Gasteiger partial charge in [-0.1, -0.05) is 6.07 Å². The van der Waals surface area contributed by atoms with Crippen molar-refractivity contribution in [3.8, 4) is 17.0 Å². The van der Waals surface area contributed by atoms with E-state index in [-0.39, 0.29) is 6.42 Å². The van der Waals surface area contributed by atoms with Crippen LogP contribution < -0.4 is 4.74 Å². The Balaban J connectivity index is 2.16. The normalized spacial score (nSPS) is 11.0. The number of aliphatic carboxylic acids is 1. The van der Waals surface area contributed by atoms with Gasteiger partial charge in [0.1, 0.15) is 11.4 Å². The zero-order valence-corrected chi connectivity index (χ0v) is 14.0. The zero-order valence-electron chi connectivity index (χ0n) is 14.0. The van der Waals surface area contributed by atoms with E-state index >= 15 is 0 Å². The molecule has 0 bridgehead atoms. The van der Waals surface area contributed by atoms with Crippen molar-refractivity contribution >= 4 is 11.6 Å². The Morgan fingerprint density at radius 2 is 2.04 bits per heavy atom. The quantitative estimate of drug-likeness (QED) is 0.778. The SMILES string of the molecule is COc1ccc(-c2nc3ccc(C)cn3c2CCC(=O)O)cc1C. The first kappa shape index (κ1) is 16.1. The number of methoxy groups -OCH3 is 1. The fourth-order valence-corrected chi connectivity index (χ4v) is 2.92. The second-order valence-corrected chi connectivity index (χ2v) is 5.92. The number of hydrogen-bond acceptors (Lipinski definition) is 3. The van der Waals surface area contributed by atoms with Gasteiger partial charge in [0.15, 0.2) is 0 Å². The third kappa shape index (κ3) is 2.97. The number of rotatable bonds is 5. The maximum atomic E-state index is 11.0. The van der Waals surface area contributed by atoms with Gasteiger partial charge < -0.3 is 14.2 Å². The number of imidazole rings is 1. The van der Waals surface area contributed by atoms with Gasteiger partial charge in [-0.15, -0.1) is 0 Å². The Bertz CT molecular complexity index is 912. The number of nitrogens with zero attached hydrogens (tertiary/aromatic N) is 2. The summed E-state index contributed by atoms with van der Waals surface area (Å²) >= 11 is 0. The van der Waals surface area contributed by atoms with Gasteiger partial charge in [-0.3, -0.25) is 4.79 Å². The molecule has 5 nitrogen and oxygen atoms in total. The summed E-state index contributed by atoms with van der Waals surface area (Å²) in [5.41, 5.74) is 5.66. The van der Waals surface area contributed by atoms with Crippen LogP contribution in [0.3, 0.4) is 0 Å². The highest BCUT2D eigenvalue weighted by Crippen LogP contribution is 2.29. The van der Waals surface area contributed by atoms with E-state index in [0.29, 0.717) is 6.42 Å². The minimum Gasteiger partial charge on any atom is -0.496 e. The van der Waals surface area contributed by atoms with Crippen LogP contribution in [0.25, 0.3) is 16.9 Å². The number of hydrogen-bond donors (Lipinski definition) is 1. The second kappa shape index (κ2) is 6.35. The number of fused-ring (bicyclic) bond motifs is 1. The van der Waals surface area contributed by atoms with Gasteiger partial charge in [0, 0.05) is 18.2 Å². The monoisotopic (exact) mass is 324 g/mol. The number of carbonyl (C=O) groups is 1. The first-order valence-electron chi connectivity index (χ1n) is 7.84. The summed E-state index contributed by atoms with van der Waals surface area (Å²) in [4.78, 5) is 15.8. The fraction of sp³-hybridized carbons (Fsp3) is 0.263. The van der Waals surface area contributed by atoms with Gasteiger partial charge >= 0.3 is 5.97 Å². The third-order valence-electron chi connectivity index (χ3n) is 4.11. The number of aromatic nitrogens is 2. The molecule has 0 aliphatic carbocycles. The Hall–Kier alpha value is -2.82. The number of carboxylic acids is 1. The molecule has 3 rings (SSSR count). The van der Waals surface area contributed by atoms with Crippen molar-refractivity contribution in [1.29, 1.82) is 0 Å². The van der Waals surface area contributed by atoms with Crippen LogP contribution in [0.1, 0.15) is 23.2 Å². The van der Waals surface area contributed by atoms with Gasteiger partial charge in [-0.05, 0) is 49.2 Å². The largest absolute Gasteiger partial charge is 0.496 e. The molecule has 2 aromatic heterocycles. The topological polar surface area (TPSA) is 63.8 Å². The Kier molecular flexibility index (Phi) is 4.25. The summed E-state index contributed by atoms with van der Waals surface area (Å²) < 4.78 is 7.31. The molecule has 1 aromatic carbocycles. The average molecular weight is 324 g/mol. The Labute approximate surface area is 140 Å². The summed E-state index contributed by atoms with van der Waals surface area (Å²) in [6.45, 7) is 4.00. The summed E-state index contributed by atoms with van der Waals surface area (Å²) in [6.07, 6.45) is 2.50. The molecular formula is C19H20N2O3. The lowest BCUT2D eigenvalue weighted by Gasteiger charge is -2.08. The van der Waals surface area contributed by atoms with Crippen molar-refractivity contribution in [2.24, 2.45) is 0 Å². The van der Waals surface area contributed by atoms with Gasteiger partial charge in [0.25, 0.3) is 0 Å². The zero-order chi connectivity index (χ0) is 17.3. The highest BCUT2D eigenvalue weighted by Gasteiger charge is 2.16. The van der Waals surface area contributed by atoms with Crippen LogP contribution in [0.5, 0.6) is 5.75 Å². The van der Waals surface area contributed by atoms with E-state index in [1.807, 2.05) is 54.8 Å². The smallest absolute Gasteiger partial charge is 0.303 e. The number of carboxylic acid groups (broad SMARTS) is 1. The summed E-state index contributed by atoms with van der Waals surface area (Å²) in [6, 6.07) is 9.87. The molecular weight excluding hydrogens is 304 g/mol. The van der Waals surface area contributed by atoms with Crippen LogP contribution in [0.2, 0.25) is 0 Å². The summed E-state index contributed by atoms with van der Waals surface area (Å²) in [7, 11) is 1.65. The van der Waals surface area contributed by atoms with E-state index in [1.165, 1.54) is 0 Å². The number of benzene rings is 1. The number of ether oxygens (including phenoxy) is 1. The lowest BCUT2D eigenvalue weighted by molar-refractivity contribution is -0.136. The molecule has 2 heterocycles. The van der Waals surface area contributed by atoms with E-state index in [9.17, 15) is 4.79 Å². The molecule has 3 aromatic rings. The molecule has 0 atom stereocenters. The predicted octanol–water partition coefficient (Wildman–Crippen LogP) is 3.64.